The summed E-state index contributed by atoms with van der Waals surface area (Å²) in [7, 11) is 0. The summed E-state index contributed by atoms with van der Waals surface area (Å²) < 4.78 is 5.57. The van der Waals surface area contributed by atoms with E-state index < -0.39 is 4.92 Å². The highest BCUT2D eigenvalue weighted by Crippen LogP contribution is 2.17. The molecule has 5 heteroatoms. The molecule has 0 bridgehead atoms. The second-order valence-electron chi connectivity index (χ2n) is 5.74. The van der Waals surface area contributed by atoms with Crippen LogP contribution in [0.5, 0.6) is 5.75 Å². The largest absolute Gasteiger partial charge is 0.494 e. The van der Waals surface area contributed by atoms with E-state index in [1.807, 2.05) is 0 Å². The average Bonchev–Trinajstić information content (AvgIpc) is 2.56. The zero-order valence-corrected chi connectivity index (χ0v) is 13.7. The van der Waals surface area contributed by atoms with Crippen molar-refractivity contribution in [2.24, 2.45) is 0 Å². The van der Waals surface area contributed by atoms with E-state index in [9.17, 15) is 14.9 Å². The van der Waals surface area contributed by atoms with Gasteiger partial charge in [0.1, 0.15) is 12.0 Å². The Labute approximate surface area is 138 Å². The second-order valence-corrected chi connectivity index (χ2v) is 5.74. The molecule has 1 aromatic rings. The first-order valence-corrected chi connectivity index (χ1v) is 8.55. The lowest BCUT2D eigenvalue weighted by molar-refractivity contribution is -0.384. The number of nitro groups is 1. The van der Waals surface area contributed by atoms with Crippen molar-refractivity contribution in [2.45, 2.75) is 64.2 Å². The van der Waals surface area contributed by atoms with E-state index in [2.05, 4.69) is 0 Å². The average molecular weight is 321 g/mol. The van der Waals surface area contributed by atoms with Crippen molar-refractivity contribution in [1.29, 1.82) is 0 Å². The number of benzene rings is 1. The molecule has 0 aliphatic rings. The fourth-order valence-corrected chi connectivity index (χ4v) is 2.42. The summed E-state index contributed by atoms with van der Waals surface area (Å²) in [6, 6.07) is 6.21. The maximum atomic E-state index is 10.5. The summed E-state index contributed by atoms with van der Waals surface area (Å²) in [5, 5.41) is 10.5. The van der Waals surface area contributed by atoms with Gasteiger partial charge in [0.2, 0.25) is 0 Å². The molecule has 0 N–H and O–H groups in total. The van der Waals surface area contributed by atoms with Crippen LogP contribution in [0.2, 0.25) is 0 Å². The van der Waals surface area contributed by atoms with E-state index in [4.69, 9.17) is 4.74 Å². The van der Waals surface area contributed by atoms with Crippen molar-refractivity contribution >= 4 is 12.0 Å². The molecule has 1 aromatic carbocycles. The molecule has 0 aromatic heterocycles. The van der Waals surface area contributed by atoms with Crippen LogP contribution in [0.4, 0.5) is 5.69 Å². The number of rotatable bonds is 14. The van der Waals surface area contributed by atoms with Gasteiger partial charge in [0, 0.05) is 18.6 Å². The molecule has 1 rings (SSSR count). The van der Waals surface area contributed by atoms with Crippen LogP contribution in [0, 0.1) is 10.1 Å². The molecule has 0 aliphatic heterocycles. The molecule has 5 nitrogen and oxygen atoms in total. The van der Waals surface area contributed by atoms with Crippen LogP contribution < -0.4 is 4.74 Å². The highest BCUT2D eigenvalue weighted by molar-refractivity contribution is 5.48. The third kappa shape index (κ3) is 9.66. The predicted molar refractivity (Wildman–Crippen MR) is 90.8 cm³/mol. The molecule has 0 saturated heterocycles. The van der Waals surface area contributed by atoms with Crippen LogP contribution >= 0.6 is 0 Å². The summed E-state index contributed by atoms with van der Waals surface area (Å²) in [6.07, 6.45) is 12.3. The molecular weight excluding hydrogens is 294 g/mol. The van der Waals surface area contributed by atoms with Gasteiger partial charge in [0.05, 0.1) is 11.5 Å². The molecule has 0 heterocycles. The quantitative estimate of drug-likeness (QED) is 0.207. The number of nitro benzene ring substituents is 1. The standard InChI is InChI=1S/C18H27NO4/c20-15-9-7-5-3-1-2-4-6-8-10-16-23-18-13-11-17(12-14-18)19(21)22/h11-15H,1-10,16H2. The number of aldehydes is 1. The van der Waals surface area contributed by atoms with Crippen molar-refractivity contribution in [3.8, 4) is 5.75 Å². The van der Waals surface area contributed by atoms with Gasteiger partial charge < -0.3 is 9.53 Å². The molecule has 0 radical (unpaired) electrons. The van der Waals surface area contributed by atoms with Crippen molar-refractivity contribution < 1.29 is 14.5 Å². The molecule has 0 unspecified atom stereocenters. The molecular formula is C18H27NO4. The fraction of sp³-hybridized carbons (Fsp3) is 0.611. The van der Waals surface area contributed by atoms with Gasteiger partial charge in [-0.1, -0.05) is 44.9 Å². The molecule has 0 fully saturated rings. The lowest BCUT2D eigenvalue weighted by Gasteiger charge is -2.06. The van der Waals surface area contributed by atoms with Crippen LogP contribution in [0.3, 0.4) is 0 Å². The normalized spacial score (nSPS) is 10.4. The van der Waals surface area contributed by atoms with E-state index >= 15 is 0 Å². The second kappa shape index (κ2) is 12.6. The van der Waals surface area contributed by atoms with Crippen LogP contribution in [-0.2, 0) is 4.79 Å². The summed E-state index contributed by atoms with van der Waals surface area (Å²) >= 11 is 0. The van der Waals surface area contributed by atoms with Gasteiger partial charge in [0.25, 0.3) is 5.69 Å². The molecule has 0 spiro atoms. The lowest BCUT2D eigenvalue weighted by atomic mass is 10.1. The number of ether oxygens (including phenoxy) is 1. The van der Waals surface area contributed by atoms with E-state index in [-0.39, 0.29) is 5.69 Å². The number of non-ortho nitro benzene ring substituents is 1. The van der Waals surface area contributed by atoms with Crippen molar-refractivity contribution in [3.63, 3.8) is 0 Å². The van der Waals surface area contributed by atoms with Gasteiger partial charge in [0.15, 0.2) is 0 Å². The number of unbranched alkanes of at least 4 members (excludes halogenated alkanes) is 9. The third-order valence-electron chi connectivity index (χ3n) is 3.78. The molecule has 23 heavy (non-hydrogen) atoms. The lowest BCUT2D eigenvalue weighted by Crippen LogP contribution is -1.97. The monoisotopic (exact) mass is 321 g/mol. The number of hydrogen-bond donors (Lipinski definition) is 0. The summed E-state index contributed by atoms with van der Waals surface area (Å²) in [5.41, 5.74) is 0.0866. The Morgan fingerprint density at radius 2 is 1.39 bits per heavy atom. The fourth-order valence-electron chi connectivity index (χ4n) is 2.42. The summed E-state index contributed by atoms with van der Waals surface area (Å²) in [4.78, 5) is 20.3. The van der Waals surface area contributed by atoms with E-state index in [0.717, 1.165) is 25.5 Å². The van der Waals surface area contributed by atoms with Crippen molar-refractivity contribution in [1.82, 2.24) is 0 Å². The molecule has 0 aliphatic carbocycles. The van der Waals surface area contributed by atoms with Crippen LogP contribution in [0.25, 0.3) is 0 Å². The number of hydrogen-bond acceptors (Lipinski definition) is 4. The first-order valence-electron chi connectivity index (χ1n) is 8.55. The smallest absolute Gasteiger partial charge is 0.269 e. The van der Waals surface area contributed by atoms with Gasteiger partial charge >= 0.3 is 0 Å². The zero-order valence-electron chi connectivity index (χ0n) is 13.7. The Hall–Kier alpha value is -1.91. The van der Waals surface area contributed by atoms with E-state index in [1.54, 1.807) is 12.1 Å². The Bertz CT molecular complexity index is 445. The Balaban J connectivity index is 1.91. The number of carbonyl (C=O) groups is 1. The minimum absolute atomic E-state index is 0.0866. The highest BCUT2D eigenvalue weighted by Gasteiger charge is 2.03. The number of carbonyl (C=O) groups excluding carboxylic acids is 1. The van der Waals surface area contributed by atoms with E-state index in [1.165, 1.54) is 50.7 Å². The molecule has 0 atom stereocenters. The van der Waals surface area contributed by atoms with Crippen LogP contribution in [-0.4, -0.2) is 17.8 Å². The maximum Gasteiger partial charge on any atom is 0.269 e. The van der Waals surface area contributed by atoms with Crippen LogP contribution in [0.1, 0.15) is 64.2 Å². The Morgan fingerprint density at radius 1 is 0.870 bits per heavy atom. The summed E-state index contributed by atoms with van der Waals surface area (Å²) in [5.74, 6) is 0.686. The molecule has 128 valence electrons. The minimum Gasteiger partial charge on any atom is -0.494 e. The number of nitrogens with zero attached hydrogens (tertiary/aromatic N) is 1. The minimum atomic E-state index is -0.411. The predicted octanol–water partition coefficient (Wildman–Crippen LogP) is 5.07. The topological polar surface area (TPSA) is 69.4 Å². The van der Waals surface area contributed by atoms with Gasteiger partial charge in [-0.25, -0.2) is 0 Å². The van der Waals surface area contributed by atoms with Crippen molar-refractivity contribution in [3.05, 3.63) is 34.4 Å². The molecule has 0 amide bonds. The Kier molecular flexibility index (Phi) is 10.5. The first-order chi connectivity index (χ1) is 11.2. The van der Waals surface area contributed by atoms with E-state index in [0.29, 0.717) is 18.8 Å². The zero-order chi connectivity index (χ0) is 16.8. The van der Waals surface area contributed by atoms with Gasteiger partial charge in [-0.3, -0.25) is 10.1 Å². The third-order valence-corrected chi connectivity index (χ3v) is 3.78. The molecule has 0 saturated carbocycles. The first kappa shape index (κ1) is 19.1. The maximum absolute atomic E-state index is 10.5. The van der Waals surface area contributed by atoms with Gasteiger partial charge in [-0.2, -0.15) is 0 Å². The van der Waals surface area contributed by atoms with Gasteiger partial charge in [-0.15, -0.1) is 0 Å². The van der Waals surface area contributed by atoms with Crippen molar-refractivity contribution in [2.75, 3.05) is 6.61 Å². The summed E-state index contributed by atoms with van der Waals surface area (Å²) in [6.45, 7) is 0.656. The highest BCUT2D eigenvalue weighted by atomic mass is 16.6. The van der Waals surface area contributed by atoms with Crippen LogP contribution in [0.15, 0.2) is 24.3 Å². The van der Waals surface area contributed by atoms with Gasteiger partial charge in [-0.05, 0) is 25.0 Å². The Morgan fingerprint density at radius 3 is 1.91 bits per heavy atom. The SMILES string of the molecule is O=CCCCCCCCCCCCOc1ccc([N+](=O)[O-])cc1.